The highest BCUT2D eigenvalue weighted by Gasteiger charge is 2.39. The Morgan fingerprint density at radius 3 is 2.74 bits per heavy atom. The van der Waals surface area contributed by atoms with Gasteiger partial charge < -0.3 is 10.1 Å². The maximum absolute atomic E-state index is 12.9. The molecule has 0 saturated heterocycles. The van der Waals surface area contributed by atoms with Gasteiger partial charge >= 0.3 is 0 Å². The molecule has 23 heavy (non-hydrogen) atoms. The molecule has 0 heterocycles. The lowest BCUT2D eigenvalue weighted by molar-refractivity contribution is -0.128. The number of ether oxygens (including phenoxy) is 1. The molecule has 0 aliphatic heterocycles. The summed E-state index contributed by atoms with van der Waals surface area (Å²) in [5.41, 5.74) is 0.973. The van der Waals surface area contributed by atoms with Gasteiger partial charge in [0.1, 0.15) is 11.5 Å². The minimum absolute atomic E-state index is 0.0371. The normalized spacial score (nSPS) is 24.0. The fourth-order valence-electron chi connectivity index (χ4n) is 3.77. The van der Waals surface area contributed by atoms with Gasteiger partial charge in [-0.2, -0.15) is 0 Å². The summed E-state index contributed by atoms with van der Waals surface area (Å²) in [7, 11) is 1.66. The van der Waals surface area contributed by atoms with E-state index in [1.807, 2.05) is 24.3 Å². The van der Waals surface area contributed by atoms with Gasteiger partial charge in [-0.1, -0.05) is 45.1 Å². The van der Waals surface area contributed by atoms with Crippen LogP contribution < -0.4 is 10.1 Å². The van der Waals surface area contributed by atoms with E-state index in [2.05, 4.69) is 45.2 Å². The number of benzene rings is 1. The van der Waals surface area contributed by atoms with E-state index in [0.717, 1.165) is 17.9 Å². The molecule has 0 amide bonds. The molecule has 0 aromatic heterocycles. The van der Waals surface area contributed by atoms with Crippen LogP contribution in [0.15, 0.2) is 36.4 Å². The second-order valence-corrected chi connectivity index (χ2v) is 7.37. The van der Waals surface area contributed by atoms with Gasteiger partial charge in [-0.25, -0.2) is 0 Å². The number of methoxy groups -OCH3 is 1. The summed E-state index contributed by atoms with van der Waals surface area (Å²) in [6.07, 6.45) is 5.91. The van der Waals surface area contributed by atoms with Gasteiger partial charge in [0.25, 0.3) is 0 Å². The van der Waals surface area contributed by atoms with E-state index >= 15 is 0 Å². The highest BCUT2D eigenvalue weighted by molar-refractivity contribution is 5.83. The molecule has 1 aromatic rings. The van der Waals surface area contributed by atoms with Crippen LogP contribution in [0.3, 0.4) is 0 Å². The number of anilines is 1. The number of carbonyl (C=O) groups is 1. The Morgan fingerprint density at radius 1 is 1.39 bits per heavy atom. The number of hydrogen-bond acceptors (Lipinski definition) is 3. The van der Waals surface area contributed by atoms with Crippen LogP contribution in [0.5, 0.6) is 5.75 Å². The van der Waals surface area contributed by atoms with Crippen molar-refractivity contribution < 1.29 is 9.53 Å². The van der Waals surface area contributed by atoms with Crippen LogP contribution in [0.2, 0.25) is 0 Å². The molecule has 3 atom stereocenters. The van der Waals surface area contributed by atoms with Crippen molar-refractivity contribution in [2.24, 2.45) is 17.3 Å². The molecule has 3 nitrogen and oxygen atoms in total. The third-order valence-corrected chi connectivity index (χ3v) is 4.81. The first-order chi connectivity index (χ1) is 10.8. The molecule has 2 rings (SSSR count). The molecule has 0 fully saturated rings. The van der Waals surface area contributed by atoms with Crippen LogP contribution in [0, 0.1) is 17.3 Å². The smallest absolute Gasteiger partial charge is 0.141 e. The first-order valence-corrected chi connectivity index (χ1v) is 8.44. The summed E-state index contributed by atoms with van der Waals surface area (Å²) in [5, 5.41) is 3.41. The zero-order chi connectivity index (χ0) is 17.0. The van der Waals surface area contributed by atoms with Crippen LogP contribution in [0.25, 0.3) is 0 Å². The fraction of sp³-hybridized carbons (Fsp3) is 0.550. The van der Waals surface area contributed by atoms with E-state index < -0.39 is 0 Å². The zero-order valence-corrected chi connectivity index (χ0v) is 14.9. The van der Waals surface area contributed by atoms with E-state index in [1.54, 1.807) is 7.11 Å². The van der Waals surface area contributed by atoms with Gasteiger partial charge in [0.15, 0.2) is 0 Å². The van der Waals surface area contributed by atoms with E-state index in [-0.39, 0.29) is 17.4 Å². The molecular formula is C20H29NO2. The average molecular weight is 315 g/mol. The molecule has 0 unspecified atom stereocenters. The van der Waals surface area contributed by atoms with Crippen LogP contribution in [0.4, 0.5) is 5.69 Å². The second kappa shape index (κ2) is 7.20. The molecule has 0 radical (unpaired) electrons. The molecular weight excluding hydrogens is 286 g/mol. The first kappa shape index (κ1) is 17.6. The van der Waals surface area contributed by atoms with Crippen molar-refractivity contribution in [3.8, 4) is 5.75 Å². The topological polar surface area (TPSA) is 38.3 Å². The highest BCUT2D eigenvalue weighted by Crippen LogP contribution is 2.41. The summed E-state index contributed by atoms with van der Waals surface area (Å²) in [6, 6.07) is 7.89. The molecule has 1 N–H and O–H groups in total. The third kappa shape index (κ3) is 4.15. The monoisotopic (exact) mass is 315 g/mol. The van der Waals surface area contributed by atoms with Crippen molar-refractivity contribution in [3.05, 3.63) is 36.4 Å². The Balaban J connectivity index is 2.03. The predicted molar refractivity (Wildman–Crippen MR) is 95.9 cm³/mol. The van der Waals surface area contributed by atoms with Gasteiger partial charge in [-0.15, -0.1) is 0 Å². The Kier molecular flexibility index (Phi) is 5.51. The molecule has 0 saturated carbocycles. The van der Waals surface area contributed by atoms with Crippen molar-refractivity contribution in [1.29, 1.82) is 0 Å². The highest BCUT2D eigenvalue weighted by atomic mass is 16.5. The minimum atomic E-state index is 0.0371. The number of Topliss-reactive ketones (excluding diaryl/α,β-unsaturated/α-hetero) is 1. The lowest BCUT2D eigenvalue weighted by Crippen LogP contribution is -2.39. The summed E-state index contributed by atoms with van der Waals surface area (Å²) in [6.45, 7) is 8.61. The minimum Gasteiger partial charge on any atom is -0.495 e. The van der Waals surface area contributed by atoms with Gasteiger partial charge in [-0.3, -0.25) is 4.79 Å². The number of rotatable bonds is 6. The standard InChI is InChI=1S/C20H29NO2/c1-14-9-8-12-20(3,4)19(14)17(22)13-15(2)21-16-10-6-7-11-18(16)23-5/h6-11,14-15,19,21H,12-13H2,1-5H3/t14-,15+,19+/m0/s1. The van der Waals surface area contributed by atoms with E-state index in [9.17, 15) is 4.79 Å². The van der Waals surface area contributed by atoms with E-state index in [1.165, 1.54) is 0 Å². The number of carbonyl (C=O) groups excluding carboxylic acids is 1. The molecule has 126 valence electrons. The van der Waals surface area contributed by atoms with Crippen molar-refractivity contribution >= 4 is 11.5 Å². The number of hydrogen-bond donors (Lipinski definition) is 1. The average Bonchev–Trinajstić information content (AvgIpc) is 2.46. The Hall–Kier alpha value is -1.77. The molecule has 1 aliphatic carbocycles. The first-order valence-electron chi connectivity index (χ1n) is 8.44. The lowest BCUT2D eigenvalue weighted by atomic mass is 9.64. The second-order valence-electron chi connectivity index (χ2n) is 7.37. The van der Waals surface area contributed by atoms with Crippen molar-refractivity contribution in [1.82, 2.24) is 0 Å². The SMILES string of the molecule is COc1ccccc1N[C@H](C)CC(=O)[C@H]1[C@@H](C)C=CCC1(C)C. The molecule has 0 bridgehead atoms. The third-order valence-electron chi connectivity index (χ3n) is 4.81. The zero-order valence-electron chi connectivity index (χ0n) is 14.9. The lowest BCUT2D eigenvalue weighted by Gasteiger charge is -2.39. The van der Waals surface area contributed by atoms with Gasteiger partial charge in [0.2, 0.25) is 0 Å². The number of nitrogens with one attached hydrogen (secondary N) is 1. The largest absolute Gasteiger partial charge is 0.495 e. The van der Waals surface area contributed by atoms with Gasteiger partial charge in [-0.05, 0) is 36.8 Å². The Morgan fingerprint density at radius 2 is 2.09 bits per heavy atom. The molecule has 0 spiro atoms. The Bertz CT molecular complexity index is 577. The summed E-state index contributed by atoms with van der Waals surface area (Å²) >= 11 is 0. The van der Waals surface area contributed by atoms with Crippen molar-refractivity contribution in [2.75, 3.05) is 12.4 Å². The molecule has 1 aromatic carbocycles. The number of allylic oxidation sites excluding steroid dienone is 2. The van der Waals surface area contributed by atoms with Crippen LogP contribution in [-0.4, -0.2) is 18.9 Å². The summed E-state index contributed by atoms with van der Waals surface area (Å²) < 4.78 is 5.36. The van der Waals surface area contributed by atoms with Gasteiger partial charge in [0, 0.05) is 18.4 Å². The van der Waals surface area contributed by atoms with Crippen LogP contribution >= 0.6 is 0 Å². The fourth-order valence-corrected chi connectivity index (χ4v) is 3.77. The number of para-hydroxylation sites is 2. The van der Waals surface area contributed by atoms with Crippen LogP contribution in [0.1, 0.15) is 40.5 Å². The van der Waals surface area contributed by atoms with Crippen molar-refractivity contribution in [3.63, 3.8) is 0 Å². The quantitative estimate of drug-likeness (QED) is 0.774. The Labute approximate surface area is 140 Å². The number of ketones is 1. The summed E-state index contributed by atoms with van der Waals surface area (Å²) in [4.78, 5) is 12.9. The van der Waals surface area contributed by atoms with E-state index in [0.29, 0.717) is 18.1 Å². The van der Waals surface area contributed by atoms with Crippen LogP contribution in [-0.2, 0) is 4.79 Å². The molecule has 1 aliphatic rings. The van der Waals surface area contributed by atoms with E-state index in [4.69, 9.17) is 4.74 Å². The van der Waals surface area contributed by atoms with Gasteiger partial charge in [0.05, 0.1) is 12.8 Å². The summed E-state index contributed by atoms with van der Waals surface area (Å²) in [5.74, 6) is 1.56. The van der Waals surface area contributed by atoms with Crippen molar-refractivity contribution in [2.45, 2.75) is 46.6 Å². The maximum Gasteiger partial charge on any atom is 0.141 e. The predicted octanol–water partition coefficient (Wildman–Crippen LogP) is 4.69. The maximum atomic E-state index is 12.9. The molecule has 3 heteroatoms.